The predicted molar refractivity (Wildman–Crippen MR) is 121 cm³/mol. The fraction of sp³-hybridized carbons (Fsp3) is 0.130. The molecule has 3 aromatic rings. The molecule has 0 saturated carbocycles. The van der Waals surface area contributed by atoms with E-state index in [1.165, 1.54) is 18.3 Å². The maximum atomic E-state index is 13.9. The molecule has 0 aliphatic heterocycles. The van der Waals surface area contributed by atoms with Crippen LogP contribution >= 0.6 is 34.8 Å². The van der Waals surface area contributed by atoms with Crippen LogP contribution in [-0.2, 0) is 18.1 Å². The molecule has 0 atom stereocenters. The summed E-state index contributed by atoms with van der Waals surface area (Å²) in [5.74, 6) is -0.196. The first kappa shape index (κ1) is 23.1. The Bertz CT molecular complexity index is 1080. The summed E-state index contributed by atoms with van der Waals surface area (Å²) in [4.78, 5) is 17.6. The van der Waals surface area contributed by atoms with Crippen molar-refractivity contribution in [2.75, 3.05) is 0 Å². The molecule has 3 rings (SSSR count). The van der Waals surface area contributed by atoms with E-state index in [2.05, 4.69) is 5.16 Å². The third-order valence-electron chi connectivity index (χ3n) is 4.26. The lowest BCUT2D eigenvalue weighted by Crippen LogP contribution is -2.03. The number of carbonyl (C=O) groups is 1. The summed E-state index contributed by atoms with van der Waals surface area (Å²) in [7, 11) is 0. The van der Waals surface area contributed by atoms with Crippen molar-refractivity contribution >= 4 is 46.8 Å². The van der Waals surface area contributed by atoms with E-state index in [4.69, 9.17) is 44.4 Å². The highest BCUT2D eigenvalue weighted by atomic mass is 35.5. The van der Waals surface area contributed by atoms with Gasteiger partial charge >= 0.3 is 0 Å². The highest BCUT2D eigenvalue weighted by Crippen LogP contribution is 2.23. The van der Waals surface area contributed by atoms with E-state index < -0.39 is 5.82 Å². The zero-order valence-electron chi connectivity index (χ0n) is 16.2. The molecule has 0 heterocycles. The first-order chi connectivity index (χ1) is 14.9. The second-order valence-corrected chi connectivity index (χ2v) is 7.69. The van der Waals surface area contributed by atoms with Crippen molar-refractivity contribution in [3.63, 3.8) is 0 Å². The van der Waals surface area contributed by atoms with E-state index in [0.717, 1.165) is 5.56 Å². The minimum Gasteiger partial charge on any atom is -0.489 e. The van der Waals surface area contributed by atoms with Crippen molar-refractivity contribution in [1.82, 2.24) is 0 Å². The Morgan fingerprint density at radius 1 is 0.968 bits per heavy atom. The van der Waals surface area contributed by atoms with Gasteiger partial charge in [0.25, 0.3) is 0 Å². The highest BCUT2D eigenvalue weighted by molar-refractivity contribution is 6.35. The summed E-state index contributed by atoms with van der Waals surface area (Å²) in [6, 6.07) is 16.1. The Hall–Kier alpha value is -2.60. The summed E-state index contributed by atoms with van der Waals surface area (Å²) < 4.78 is 19.5. The van der Waals surface area contributed by atoms with Gasteiger partial charge in [0, 0.05) is 33.2 Å². The maximum absolute atomic E-state index is 13.9. The van der Waals surface area contributed by atoms with Gasteiger partial charge in [-0.1, -0.05) is 64.2 Å². The molecule has 0 aliphatic carbocycles. The molecule has 3 aromatic carbocycles. The molecule has 160 valence electrons. The molecule has 4 nitrogen and oxygen atoms in total. The lowest BCUT2D eigenvalue weighted by Gasteiger charge is -2.09. The molecule has 0 aliphatic rings. The number of hydrogen-bond donors (Lipinski definition) is 0. The van der Waals surface area contributed by atoms with Crippen LogP contribution in [0.4, 0.5) is 4.39 Å². The van der Waals surface area contributed by atoms with Crippen LogP contribution in [0.1, 0.15) is 27.9 Å². The fourth-order valence-electron chi connectivity index (χ4n) is 2.62. The molecule has 0 N–H and O–H groups in total. The van der Waals surface area contributed by atoms with Crippen LogP contribution in [0.5, 0.6) is 5.75 Å². The smallest absolute Gasteiger partial charge is 0.168 e. The second kappa shape index (κ2) is 11.1. The average Bonchev–Trinajstić information content (AvgIpc) is 2.74. The monoisotopic (exact) mass is 479 g/mol. The first-order valence-electron chi connectivity index (χ1n) is 9.20. The molecule has 8 heteroatoms. The minimum absolute atomic E-state index is 0.0386. The van der Waals surface area contributed by atoms with Crippen molar-refractivity contribution in [3.8, 4) is 5.75 Å². The van der Waals surface area contributed by atoms with E-state index in [9.17, 15) is 9.18 Å². The van der Waals surface area contributed by atoms with Crippen LogP contribution in [0.25, 0.3) is 0 Å². The fourth-order valence-corrected chi connectivity index (χ4v) is 3.30. The molecule has 0 unspecified atom stereocenters. The SMILES string of the molecule is O=C(C/C=N\OCc1ccc(Cl)cc1Cl)c1cccc(OCc2c(F)cccc2Cl)c1. The Morgan fingerprint density at radius 3 is 2.55 bits per heavy atom. The van der Waals surface area contributed by atoms with E-state index in [0.29, 0.717) is 21.4 Å². The largest absolute Gasteiger partial charge is 0.489 e. The third-order valence-corrected chi connectivity index (χ3v) is 5.20. The summed E-state index contributed by atoms with van der Waals surface area (Å²) in [5, 5.41) is 5.08. The summed E-state index contributed by atoms with van der Waals surface area (Å²) >= 11 is 17.9. The van der Waals surface area contributed by atoms with Crippen LogP contribution in [0, 0.1) is 5.82 Å². The number of ether oxygens (including phenoxy) is 1. The quantitative estimate of drug-likeness (QED) is 0.186. The number of ketones is 1. The van der Waals surface area contributed by atoms with Crippen molar-refractivity contribution in [3.05, 3.63) is 98.2 Å². The molecule has 0 bridgehead atoms. The molecular weight excluding hydrogens is 464 g/mol. The normalized spacial score (nSPS) is 11.0. The van der Waals surface area contributed by atoms with Gasteiger partial charge in [0.1, 0.15) is 24.8 Å². The van der Waals surface area contributed by atoms with E-state index in [-0.39, 0.29) is 36.0 Å². The Kier molecular flexibility index (Phi) is 8.29. The Balaban J connectivity index is 1.52. The number of rotatable bonds is 9. The maximum Gasteiger partial charge on any atom is 0.168 e. The zero-order chi connectivity index (χ0) is 22.2. The number of oxime groups is 1. The number of benzene rings is 3. The molecule has 0 amide bonds. The topological polar surface area (TPSA) is 47.9 Å². The number of Topliss-reactive ketones (excluding diaryl/α,β-unsaturated/α-hetero) is 1. The third kappa shape index (κ3) is 6.69. The summed E-state index contributed by atoms with van der Waals surface area (Å²) in [6.07, 6.45) is 1.41. The van der Waals surface area contributed by atoms with Gasteiger partial charge in [-0.25, -0.2) is 4.39 Å². The van der Waals surface area contributed by atoms with Crippen LogP contribution < -0.4 is 4.74 Å². The molecule has 0 saturated heterocycles. The van der Waals surface area contributed by atoms with Gasteiger partial charge in [-0.05, 0) is 36.4 Å². The molecule has 0 aromatic heterocycles. The highest BCUT2D eigenvalue weighted by Gasteiger charge is 2.10. The summed E-state index contributed by atoms with van der Waals surface area (Å²) in [6.45, 7) is 0.105. The van der Waals surface area contributed by atoms with Crippen molar-refractivity contribution in [2.45, 2.75) is 19.6 Å². The van der Waals surface area contributed by atoms with Gasteiger partial charge in [-0.2, -0.15) is 0 Å². The van der Waals surface area contributed by atoms with Crippen molar-refractivity contribution < 1.29 is 18.8 Å². The van der Waals surface area contributed by atoms with Gasteiger partial charge in [0.05, 0.1) is 11.2 Å². The van der Waals surface area contributed by atoms with E-state index in [1.807, 2.05) is 0 Å². The molecule has 0 radical (unpaired) electrons. The first-order valence-corrected chi connectivity index (χ1v) is 10.3. The molecular formula is C23H17Cl3FNO3. The number of nitrogens with zero attached hydrogens (tertiary/aromatic N) is 1. The number of hydrogen-bond acceptors (Lipinski definition) is 4. The van der Waals surface area contributed by atoms with Crippen molar-refractivity contribution in [1.29, 1.82) is 0 Å². The van der Waals surface area contributed by atoms with Crippen LogP contribution in [0.2, 0.25) is 15.1 Å². The number of halogens is 4. The van der Waals surface area contributed by atoms with Gasteiger partial charge < -0.3 is 9.57 Å². The van der Waals surface area contributed by atoms with E-state index >= 15 is 0 Å². The molecule has 0 spiro atoms. The lowest BCUT2D eigenvalue weighted by atomic mass is 10.1. The average molecular weight is 481 g/mol. The lowest BCUT2D eigenvalue weighted by molar-refractivity contribution is 0.0995. The van der Waals surface area contributed by atoms with Gasteiger partial charge in [-0.15, -0.1) is 0 Å². The van der Waals surface area contributed by atoms with Crippen LogP contribution in [0.3, 0.4) is 0 Å². The minimum atomic E-state index is -0.448. The number of carbonyl (C=O) groups excluding carboxylic acids is 1. The zero-order valence-corrected chi connectivity index (χ0v) is 18.4. The van der Waals surface area contributed by atoms with Crippen LogP contribution in [-0.4, -0.2) is 12.0 Å². The molecule has 0 fully saturated rings. The summed E-state index contributed by atoms with van der Waals surface area (Å²) in [5.41, 5.74) is 1.42. The van der Waals surface area contributed by atoms with Gasteiger partial charge in [-0.3, -0.25) is 4.79 Å². The van der Waals surface area contributed by atoms with Gasteiger partial charge in [0.2, 0.25) is 0 Å². The van der Waals surface area contributed by atoms with E-state index in [1.54, 1.807) is 48.5 Å². The van der Waals surface area contributed by atoms with Crippen LogP contribution in [0.15, 0.2) is 65.8 Å². The standard InChI is InChI=1S/C23H17Cl3FNO3/c24-17-8-7-16(21(26)12-17)13-31-28-10-9-23(29)15-3-1-4-18(11-15)30-14-19-20(25)5-2-6-22(19)27/h1-8,10-12H,9,13-14H2/b28-10-. The predicted octanol–water partition coefficient (Wildman–Crippen LogP) is 7.14. The Morgan fingerprint density at radius 2 is 1.77 bits per heavy atom. The second-order valence-electron chi connectivity index (χ2n) is 6.44. The Labute approximate surface area is 194 Å². The van der Waals surface area contributed by atoms with Crippen molar-refractivity contribution in [2.24, 2.45) is 5.16 Å². The van der Waals surface area contributed by atoms with Gasteiger partial charge in [0.15, 0.2) is 5.78 Å². The molecule has 31 heavy (non-hydrogen) atoms.